The maximum atomic E-state index is 9.32. The van der Waals surface area contributed by atoms with E-state index >= 15 is 0 Å². The molecule has 0 aliphatic carbocycles. The molecule has 9 heteroatoms. The Kier molecular flexibility index (Phi) is 4.95. The molecule has 0 bridgehead atoms. The van der Waals surface area contributed by atoms with Crippen LogP contribution in [-0.4, -0.2) is 39.0 Å². The third kappa shape index (κ3) is 3.84. The lowest BCUT2D eigenvalue weighted by molar-refractivity contribution is 0.858. The number of anilines is 2. The quantitative estimate of drug-likeness (QED) is 0.659. The Balaban J connectivity index is 2.37. The van der Waals surface area contributed by atoms with Gasteiger partial charge in [0.25, 0.3) is 0 Å². The summed E-state index contributed by atoms with van der Waals surface area (Å²) >= 11 is 1.40. The fourth-order valence-corrected chi connectivity index (χ4v) is 2.94. The molecule has 0 saturated carbocycles. The average Bonchev–Trinajstić information content (AvgIpc) is 2.46. The summed E-state index contributed by atoms with van der Waals surface area (Å²) in [6, 6.07) is 2.16. The molecule has 0 aromatic carbocycles. The molecule has 2 aromatic rings. The fourth-order valence-electron chi connectivity index (χ4n) is 1.89. The highest BCUT2D eigenvalue weighted by Crippen LogP contribution is 2.34. The molecule has 120 valence electrons. The molecule has 0 fully saturated rings. The molecule has 0 spiro atoms. The molecule has 2 heterocycles. The van der Waals surface area contributed by atoms with Crippen molar-refractivity contribution in [3.8, 4) is 6.07 Å². The summed E-state index contributed by atoms with van der Waals surface area (Å²) in [6.45, 7) is 5.54. The smallest absolute Gasteiger partial charge is 0.229 e. The highest BCUT2D eigenvalue weighted by molar-refractivity contribution is 7.99. The van der Waals surface area contributed by atoms with Crippen molar-refractivity contribution in [1.29, 1.82) is 5.26 Å². The van der Waals surface area contributed by atoms with Gasteiger partial charge in [-0.15, -0.1) is 0 Å². The number of nitriles is 1. The lowest BCUT2D eigenvalue weighted by Crippen LogP contribution is -2.16. The molecule has 1 unspecified atom stereocenters. The van der Waals surface area contributed by atoms with E-state index in [4.69, 9.17) is 5.73 Å². The monoisotopic (exact) mass is 330 g/mol. The Hall–Kier alpha value is -2.47. The van der Waals surface area contributed by atoms with Gasteiger partial charge in [-0.3, -0.25) is 0 Å². The first kappa shape index (κ1) is 16.9. The van der Waals surface area contributed by atoms with Crippen molar-refractivity contribution < 1.29 is 0 Å². The first-order valence-corrected chi connectivity index (χ1v) is 7.80. The van der Waals surface area contributed by atoms with Crippen molar-refractivity contribution in [1.82, 2.24) is 24.9 Å². The third-order valence-electron chi connectivity index (χ3n) is 2.99. The number of nitrogens with two attached hydrogens (primary N) is 1. The molecule has 0 saturated heterocycles. The van der Waals surface area contributed by atoms with E-state index in [2.05, 4.69) is 31.0 Å². The van der Waals surface area contributed by atoms with Crippen LogP contribution >= 0.6 is 11.8 Å². The second kappa shape index (κ2) is 6.75. The van der Waals surface area contributed by atoms with Crippen molar-refractivity contribution in [2.75, 3.05) is 24.7 Å². The van der Waals surface area contributed by atoms with Crippen LogP contribution in [0.15, 0.2) is 5.03 Å². The average molecular weight is 330 g/mol. The topological polar surface area (TPSA) is 118 Å². The zero-order valence-corrected chi connectivity index (χ0v) is 14.5. The van der Waals surface area contributed by atoms with E-state index in [1.54, 1.807) is 18.7 Å². The second-order valence-corrected chi connectivity index (χ2v) is 6.48. The van der Waals surface area contributed by atoms with Gasteiger partial charge in [-0.2, -0.15) is 20.2 Å². The number of nitrogens with zero attached hydrogens (tertiary/aromatic N) is 7. The number of aromatic nitrogens is 5. The Morgan fingerprint density at radius 1 is 1.13 bits per heavy atom. The van der Waals surface area contributed by atoms with Gasteiger partial charge in [0.05, 0.1) is 10.9 Å². The standard InChI is InChI=1S/C14H18N8S/c1-7-10(6-15)12(18-9(3)17-7)23-8(2)11-19-13(16)21-14(20-11)22(4)5/h8H,1-5H3,(H2,16,19,20,21). The van der Waals surface area contributed by atoms with Crippen LogP contribution in [0.5, 0.6) is 0 Å². The molecule has 2 rings (SSSR count). The minimum absolute atomic E-state index is 0.139. The summed E-state index contributed by atoms with van der Waals surface area (Å²) < 4.78 is 0. The number of aryl methyl sites for hydroxylation is 2. The van der Waals surface area contributed by atoms with Crippen LogP contribution in [0.4, 0.5) is 11.9 Å². The van der Waals surface area contributed by atoms with Crippen molar-refractivity contribution in [3.63, 3.8) is 0 Å². The minimum Gasteiger partial charge on any atom is -0.368 e. The number of hydrogen-bond acceptors (Lipinski definition) is 9. The Morgan fingerprint density at radius 2 is 1.83 bits per heavy atom. The Bertz CT molecular complexity index is 768. The number of rotatable bonds is 4. The van der Waals surface area contributed by atoms with Crippen molar-refractivity contribution in [2.45, 2.75) is 31.0 Å². The molecule has 1 atom stereocenters. The zero-order chi connectivity index (χ0) is 17.1. The maximum Gasteiger partial charge on any atom is 0.229 e. The Labute approximate surface area is 139 Å². The SMILES string of the molecule is Cc1nc(C)c(C#N)c(SC(C)c2nc(N)nc(N(C)C)n2)n1. The molecule has 8 nitrogen and oxygen atoms in total. The highest BCUT2D eigenvalue weighted by Gasteiger charge is 2.19. The molecule has 0 aliphatic heterocycles. The van der Waals surface area contributed by atoms with E-state index in [-0.39, 0.29) is 11.2 Å². The fraction of sp³-hybridized carbons (Fsp3) is 0.429. The van der Waals surface area contributed by atoms with Gasteiger partial charge in [-0.25, -0.2) is 9.97 Å². The minimum atomic E-state index is -0.139. The molecule has 0 aliphatic rings. The molecule has 2 N–H and O–H groups in total. The first-order valence-electron chi connectivity index (χ1n) is 6.92. The van der Waals surface area contributed by atoms with Crippen molar-refractivity contribution >= 4 is 23.7 Å². The molecular formula is C14H18N8S. The van der Waals surface area contributed by atoms with Gasteiger partial charge in [-0.05, 0) is 20.8 Å². The second-order valence-electron chi connectivity index (χ2n) is 5.15. The lowest BCUT2D eigenvalue weighted by Gasteiger charge is -2.15. The van der Waals surface area contributed by atoms with Gasteiger partial charge in [0.2, 0.25) is 11.9 Å². The number of hydrogen-bond donors (Lipinski definition) is 1. The van der Waals surface area contributed by atoms with E-state index in [1.807, 2.05) is 21.0 Å². The van der Waals surface area contributed by atoms with E-state index in [1.165, 1.54) is 11.8 Å². The van der Waals surface area contributed by atoms with Crippen LogP contribution in [-0.2, 0) is 0 Å². The van der Waals surface area contributed by atoms with Crippen molar-refractivity contribution in [3.05, 3.63) is 22.9 Å². The largest absolute Gasteiger partial charge is 0.368 e. The van der Waals surface area contributed by atoms with Crippen LogP contribution < -0.4 is 10.6 Å². The first-order chi connectivity index (χ1) is 10.8. The molecule has 0 radical (unpaired) electrons. The van der Waals surface area contributed by atoms with Crippen LogP contribution in [0.2, 0.25) is 0 Å². The lowest BCUT2D eigenvalue weighted by atomic mass is 10.3. The summed E-state index contributed by atoms with van der Waals surface area (Å²) in [6.07, 6.45) is 0. The van der Waals surface area contributed by atoms with E-state index in [0.717, 1.165) is 0 Å². The van der Waals surface area contributed by atoms with E-state index in [9.17, 15) is 5.26 Å². The van der Waals surface area contributed by atoms with Gasteiger partial charge in [0.15, 0.2) is 0 Å². The summed E-state index contributed by atoms with van der Waals surface area (Å²) in [4.78, 5) is 23.0. The van der Waals surface area contributed by atoms with E-state index < -0.39 is 0 Å². The Morgan fingerprint density at radius 3 is 2.43 bits per heavy atom. The highest BCUT2D eigenvalue weighted by atomic mass is 32.2. The normalized spacial score (nSPS) is 11.8. The van der Waals surface area contributed by atoms with Gasteiger partial charge >= 0.3 is 0 Å². The summed E-state index contributed by atoms with van der Waals surface area (Å²) in [7, 11) is 3.67. The summed E-state index contributed by atoms with van der Waals surface area (Å²) in [5.74, 6) is 1.83. The van der Waals surface area contributed by atoms with Gasteiger partial charge in [-0.1, -0.05) is 11.8 Å². The maximum absolute atomic E-state index is 9.32. The van der Waals surface area contributed by atoms with Crippen LogP contribution in [0.3, 0.4) is 0 Å². The van der Waals surface area contributed by atoms with Crippen LogP contribution in [0.25, 0.3) is 0 Å². The van der Waals surface area contributed by atoms with Crippen LogP contribution in [0, 0.1) is 25.2 Å². The summed E-state index contributed by atoms with van der Waals surface area (Å²) in [5, 5.41) is 9.81. The predicted octanol–water partition coefficient (Wildman–Crippen LogP) is 1.65. The predicted molar refractivity (Wildman–Crippen MR) is 89.1 cm³/mol. The number of nitrogen functional groups attached to an aromatic ring is 1. The molecule has 23 heavy (non-hydrogen) atoms. The van der Waals surface area contributed by atoms with Gasteiger partial charge in [0.1, 0.15) is 28.3 Å². The zero-order valence-electron chi connectivity index (χ0n) is 13.7. The van der Waals surface area contributed by atoms with Gasteiger partial charge in [0, 0.05) is 14.1 Å². The van der Waals surface area contributed by atoms with Gasteiger partial charge < -0.3 is 10.6 Å². The molecule has 0 amide bonds. The number of thioether (sulfide) groups is 1. The molecule has 2 aromatic heterocycles. The molecular weight excluding hydrogens is 312 g/mol. The van der Waals surface area contributed by atoms with E-state index in [0.29, 0.717) is 33.9 Å². The van der Waals surface area contributed by atoms with Crippen molar-refractivity contribution in [2.24, 2.45) is 0 Å². The third-order valence-corrected chi connectivity index (χ3v) is 4.07. The summed E-state index contributed by atoms with van der Waals surface area (Å²) in [5.41, 5.74) is 6.90. The van der Waals surface area contributed by atoms with Crippen LogP contribution in [0.1, 0.15) is 35.1 Å².